The van der Waals surface area contributed by atoms with Gasteiger partial charge in [0, 0.05) is 6.42 Å². The van der Waals surface area contributed by atoms with Crippen molar-refractivity contribution in [2.45, 2.75) is 72.1 Å². The number of rotatable bonds is 7. The molecular formula is C15H30NO2Y. The van der Waals surface area contributed by atoms with Crippen molar-refractivity contribution < 1.29 is 42.3 Å². The molecule has 0 aliphatic carbocycles. The average Bonchev–Trinajstić information content (AvgIpc) is 2.22. The molecule has 0 saturated heterocycles. The molecule has 0 spiro atoms. The van der Waals surface area contributed by atoms with Crippen LogP contribution in [0.4, 0.5) is 0 Å². The molecule has 0 N–H and O–H groups in total. The first kappa shape index (κ1) is 24.7. The minimum Gasteiger partial charge on any atom is -0.358 e. The fraction of sp³-hybridized carbons (Fsp3) is 0.733. The summed E-state index contributed by atoms with van der Waals surface area (Å²) in [5.74, 6) is 0.103. The summed E-state index contributed by atoms with van der Waals surface area (Å²) in [5, 5.41) is 1.80. The van der Waals surface area contributed by atoms with Gasteiger partial charge in [-0.15, -0.1) is 0 Å². The van der Waals surface area contributed by atoms with E-state index >= 15 is 0 Å². The number of hydroxylamine groups is 2. The van der Waals surface area contributed by atoms with E-state index in [2.05, 4.69) is 6.92 Å². The molecule has 0 aromatic heterocycles. The minimum atomic E-state index is -0.430. The molecule has 0 heterocycles. The van der Waals surface area contributed by atoms with Crippen molar-refractivity contribution in [2.75, 3.05) is 0 Å². The minimum absolute atomic E-state index is 0. The Labute approximate surface area is 145 Å². The molecule has 1 atom stereocenters. The molecule has 110 valence electrons. The maximum Gasteiger partial charge on any atom is 3.00 e. The third kappa shape index (κ3) is 7.89. The SMILES string of the molecule is [CH2-]C(C)(C)N(OC(C)C(=O)CC)C(C)(C)[CH-]C.[CH3-].[Y+3]. The Morgan fingerprint density at radius 2 is 1.79 bits per heavy atom. The Morgan fingerprint density at radius 3 is 2.05 bits per heavy atom. The van der Waals surface area contributed by atoms with Crippen LogP contribution in [-0.2, 0) is 42.3 Å². The summed E-state index contributed by atoms with van der Waals surface area (Å²) in [7, 11) is 0. The van der Waals surface area contributed by atoms with Gasteiger partial charge in [-0.05, 0) is 6.92 Å². The predicted molar refractivity (Wildman–Crippen MR) is 77.6 cm³/mol. The normalized spacial score (nSPS) is 13.5. The molecule has 0 radical (unpaired) electrons. The first-order valence-corrected chi connectivity index (χ1v) is 6.22. The van der Waals surface area contributed by atoms with Crippen LogP contribution < -0.4 is 0 Å². The van der Waals surface area contributed by atoms with Crippen LogP contribution in [-0.4, -0.2) is 28.0 Å². The van der Waals surface area contributed by atoms with E-state index < -0.39 is 11.6 Å². The number of hydrogen-bond donors (Lipinski definition) is 0. The van der Waals surface area contributed by atoms with Crippen molar-refractivity contribution in [3.05, 3.63) is 20.8 Å². The molecule has 0 amide bonds. The number of Topliss-reactive ketones (excluding diaryl/α,β-unsaturated/α-hetero) is 1. The van der Waals surface area contributed by atoms with Gasteiger partial charge >= 0.3 is 32.7 Å². The third-order valence-electron chi connectivity index (χ3n) is 2.85. The topological polar surface area (TPSA) is 29.5 Å². The molecule has 0 aliphatic heterocycles. The van der Waals surface area contributed by atoms with Crippen LogP contribution in [0.15, 0.2) is 0 Å². The van der Waals surface area contributed by atoms with Crippen LogP contribution in [0.25, 0.3) is 0 Å². The van der Waals surface area contributed by atoms with Gasteiger partial charge < -0.3 is 20.8 Å². The summed E-state index contributed by atoms with van der Waals surface area (Å²) in [6.07, 6.45) is 2.10. The maximum atomic E-state index is 11.6. The summed E-state index contributed by atoms with van der Waals surface area (Å²) in [6, 6.07) is 0. The van der Waals surface area contributed by atoms with Gasteiger partial charge in [0.25, 0.3) is 0 Å². The molecule has 0 rings (SSSR count). The Hall–Kier alpha value is 0.694. The summed E-state index contributed by atoms with van der Waals surface area (Å²) >= 11 is 0. The van der Waals surface area contributed by atoms with Crippen LogP contribution in [0.2, 0.25) is 0 Å². The monoisotopic (exact) mass is 345 g/mol. The molecule has 0 aromatic carbocycles. The fourth-order valence-electron chi connectivity index (χ4n) is 1.68. The second-order valence-corrected chi connectivity index (χ2v) is 5.62. The summed E-state index contributed by atoms with van der Waals surface area (Å²) in [5.41, 5.74) is -0.675. The molecule has 0 saturated carbocycles. The van der Waals surface area contributed by atoms with Gasteiger partial charge in [-0.2, -0.15) is 6.92 Å². The zero-order chi connectivity index (χ0) is 13.9. The molecule has 0 aliphatic rings. The van der Waals surface area contributed by atoms with Crippen molar-refractivity contribution in [3.8, 4) is 0 Å². The maximum absolute atomic E-state index is 11.6. The van der Waals surface area contributed by atoms with E-state index in [0.29, 0.717) is 6.42 Å². The van der Waals surface area contributed by atoms with Crippen molar-refractivity contribution in [1.29, 1.82) is 0 Å². The first-order chi connectivity index (χ1) is 7.56. The zero-order valence-corrected chi connectivity index (χ0v) is 16.7. The Kier molecular flexibility index (Phi) is 12.5. The fourth-order valence-corrected chi connectivity index (χ4v) is 1.68. The summed E-state index contributed by atoms with van der Waals surface area (Å²) in [6.45, 7) is 17.7. The molecule has 3 nitrogen and oxygen atoms in total. The van der Waals surface area contributed by atoms with Gasteiger partial charge in [-0.3, -0.25) is 9.63 Å². The van der Waals surface area contributed by atoms with E-state index in [-0.39, 0.29) is 51.5 Å². The predicted octanol–water partition coefficient (Wildman–Crippen LogP) is 3.65. The van der Waals surface area contributed by atoms with Crippen LogP contribution in [0.3, 0.4) is 0 Å². The van der Waals surface area contributed by atoms with E-state index in [9.17, 15) is 4.79 Å². The van der Waals surface area contributed by atoms with Gasteiger partial charge in [0.1, 0.15) is 6.10 Å². The number of carbonyl (C=O) groups excluding carboxylic acids is 1. The van der Waals surface area contributed by atoms with Gasteiger partial charge in [-0.1, -0.05) is 45.7 Å². The van der Waals surface area contributed by atoms with E-state index in [4.69, 9.17) is 4.84 Å². The van der Waals surface area contributed by atoms with Gasteiger partial charge in [0.2, 0.25) is 0 Å². The van der Waals surface area contributed by atoms with Gasteiger partial charge in [-0.25, -0.2) is 5.06 Å². The molecule has 0 fully saturated rings. The second kappa shape index (κ2) is 9.60. The Morgan fingerprint density at radius 1 is 1.37 bits per heavy atom. The number of nitrogens with zero attached hydrogens (tertiary/aromatic N) is 1. The van der Waals surface area contributed by atoms with Crippen molar-refractivity contribution in [3.63, 3.8) is 0 Å². The largest absolute Gasteiger partial charge is 3.00 e. The molecule has 4 heteroatoms. The first-order valence-electron chi connectivity index (χ1n) is 6.22. The van der Waals surface area contributed by atoms with Crippen LogP contribution in [0, 0.1) is 20.8 Å². The van der Waals surface area contributed by atoms with Gasteiger partial charge in [0.15, 0.2) is 5.78 Å². The summed E-state index contributed by atoms with van der Waals surface area (Å²) in [4.78, 5) is 17.4. The van der Waals surface area contributed by atoms with Crippen LogP contribution in [0.5, 0.6) is 0 Å². The smallest absolute Gasteiger partial charge is 0.358 e. The number of hydrogen-bond acceptors (Lipinski definition) is 3. The average molecular weight is 345 g/mol. The van der Waals surface area contributed by atoms with E-state index in [1.807, 2.05) is 48.0 Å². The third-order valence-corrected chi connectivity index (χ3v) is 2.85. The summed E-state index contributed by atoms with van der Waals surface area (Å²) < 4.78 is 0. The van der Waals surface area contributed by atoms with E-state index in [1.165, 1.54) is 0 Å². The zero-order valence-electron chi connectivity index (χ0n) is 13.9. The molecule has 19 heavy (non-hydrogen) atoms. The van der Waals surface area contributed by atoms with Crippen molar-refractivity contribution >= 4 is 5.78 Å². The standard InChI is InChI=1S/C14H27NO2.CH3.Y/c1-9-12(16)11(3)17-15(13(4,5)6)14(7,8)10-2;;/h10-11H,4,9H2,1-3,5-8H3;1H3;/q-2;-1;+3. The molecular weight excluding hydrogens is 315 g/mol. The van der Waals surface area contributed by atoms with Crippen LogP contribution in [0.1, 0.15) is 54.9 Å². The molecule has 1 unspecified atom stereocenters. The molecule has 0 aromatic rings. The Balaban J connectivity index is -0.00000128. The van der Waals surface area contributed by atoms with Crippen LogP contribution >= 0.6 is 0 Å². The number of ketones is 1. The van der Waals surface area contributed by atoms with E-state index in [0.717, 1.165) is 0 Å². The Bertz CT molecular complexity index is 259. The van der Waals surface area contributed by atoms with Gasteiger partial charge in [0.05, 0.1) is 0 Å². The number of carbonyl (C=O) groups is 1. The van der Waals surface area contributed by atoms with E-state index in [1.54, 1.807) is 12.0 Å². The van der Waals surface area contributed by atoms with Crippen molar-refractivity contribution in [1.82, 2.24) is 5.06 Å². The second-order valence-electron chi connectivity index (χ2n) is 5.62. The van der Waals surface area contributed by atoms with Crippen molar-refractivity contribution in [2.24, 2.45) is 0 Å². The molecule has 0 bridgehead atoms. The quantitative estimate of drug-likeness (QED) is 0.521.